The van der Waals surface area contributed by atoms with Gasteiger partial charge in [0.2, 0.25) is 0 Å². The summed E-state index contributed by atoms with van der Waals surface area (Å²) in [6.07, 6.45) is 1.87. The molecule has 4 heteroatoms. The van der Waals surface area contributed by atoms with Gasteiger partial charge in [0.25, 0.3) is 0 Å². The number of aromatic nitrogens is 1. The van der Waals surface area contributed by atoms with Crippen molar-refractivity contribution < 1.29 is 9.53 Å². The third kappa shape index (κ3) is 3.24. The van der Waals surface area contributed by atoms with E-state index in [4.69, 9.17) is 4.74 Å². The summed E-state index contributed by atoms with van der Waals surface area (Å²) in [6.45, 7) is 8.40. The van der Waals surface area contributed by atoms with Crippen LogP contribution in [0.15, 0.2) is 72.8 Å². The number of H-pyrrole nitrogens is 1. The molecule has 0 fully saturated rings. The van der Waals surface area contributed by atoms with Crippen LogP contribution in [0.3, 0.4) is 0 Å². The van der Waals surface area contributed by atoms with Crippen LogP contribution in [-0.4, -0.2) is 24.0 Å². The van der Waals surface area contributed by atoms with E-state index < -0.39 is 5.60 Å². The molecule has 168 valence electrons. The first-order chi connectivity index (χ1) is 16.1. The second-order valence-electron chi connectivity index (χ2n) is 8.61. The standard InChI is InChI=1S/C29H30N2O2/c1-4-11-26-27(23-13-8-10-15-25(23)30-26)29(24-14-9-7-12-22(24)28(32)33-29)20-16-18-21(19-17-20)31(5-2)6-3/h7-10,12-19,30H,4-6,11H2,1-3H3. The molecule has 0 aliphatic carbocycles. The molecule has 0 amide bonds. The van der Waals surface area contributed by atoms with Crippen LogP contribution in [0.1, 0.15) is 59.9 Å². The number of rotatable bonds is 7. The van der Waals surface area contributed by atoms with Crippen molar-refractivity contribution in [2.24, 2.45) is 0 Å². The van der Waals surface area contributed by atoms with E-state index in [1.165, 1.54) is 5.69 Å². The normalized spacial score (nSPS) is 17.2. The minimum Gasteiger partial charge on any atom is -0.440 e. The zero-order chi connectivity index (χ0) is 23.0. The maximum atomic E-state index is 13.2. The second kappa shape index (κ2) is 8.43. The highest BCUT2D eigenvalue weighted by molar-refractivity contribution is 5.98. The summed E-state index contributed by atoms with van der Waals surface area (Å²) in [6, 6.07) is 24.7. The first-order valence-electron chi connectivity index (χ1n) is 11.9. The number of aryl methyl sites for hydroxylation is 1. The summed E-state index contributed by atoms with van der Waals surface area (Å²) in [5.74, 6) is -0.272. The van der Waals surface area contributed by atoms with Crippen LogP contribution in [0.25, 0.3) is 10.9 Å². The Labute approximate surface area is 195 Å². The van der Waals surface area contributed by atoms with Gasteiger partial charge in [-0.15, -0.1) is 0 Å². The third-order valence-electron chi connectivity index (χ3n) is 6.81. The van der Waals surface area contributed by atoms with Crippen molar-refractivity contribution in [3.8, 4) is 0 Å². The Morgan fingerprint density at radius 3 is 2.30 bits per heavy atom. The molecular weight excluding hydrogens is 408 g/mol. The highest BCUT2D eigenvalue weighted by atomic mass is 16.6. The third-order valence-corrected chi connectivity index (χ3v) is 6.81. The molecule has 0 saturated heterocycles. The molecule has 0 saturated carbocycles. The molecule has 4 nitrogen and oxygen atoms in total. The fourth-order valence-corrected chi connectivity index (χ4v) is 5.29. The van der Waals surface area contributed by atoms with E-state index in [1.807, 2.05) is 30.3 Å². The molecule has 0 spiro atoms. The van der Waals surface area contributed by atoms with Crippen molar-refractivity contribution in [2.75, 3.05) is 18.0 Å². The monoisotopic (exact) mass is 438 g/mol. The average molecular weight is 439 g/mol. The number of benzene rings is 3. The number of ether oxygens (including phenoxy) is 1. The highest BCUT2D eigenvalue weighted by Crippen LogP contribution is 2.50. The number of esters is 1. The van der Waals surface area contributed by atoms with Crippen molar-refractivity contribution in [3.63, 3.8) is 0 Å². The number of para-hydroxylation sites is 1. The molecular formula is C29H30N2O2. The maximum absolute atomic E-state index is 13.2. The van der Waals surface area contributed by atoms with Crippen LogP contribution in [0, 0.1) is 0 Å². The predicted molar refractivity (Wildman–Crippen MR) is 134 cm³/mol. The second-order valence-corrected chi connectivity index (χ2v) is 8.61. The average Bonchev–Trinajstić information content (AvgIpc) is 3.36. The summed E-state index contributed by atoms with van der Waals surface area (Å²) in [5.41, 5.74) is 5.94. The lowest BCUT2D eigenvalue weighted by Gasteiger charge is -2.32. The Balaban J connectivity index is 1.82. The van der Waals surface area contributed by atoms with Crippen LogP contribution in [0.2, 0.25) is 0 Å². The topological polar surface area (TPSA) is 45.3 Å². The molecule has 2 heterocycles. The molecule has 4 aromatic rings. The van der Waals surface area contributed by atoms with Crippen molar-refractivity contribution in [3.05, 3.63) is 101 Å². The zero-order valence-electron chi connectivity index (χ0n) is 19.5. The van der Waals surface area contributed by atoms with Gasteiger partial charge >= 0.3 is 5.97 Å². The minimum atomic E-state index is -0.987. The lowest BCUT2D eigenvalue weighted by molar-refractivity contribution is 0.0253. The van der Waals surface area contributed by atoms with E-state index in [0.717, 1.165) is 59.2 Å². The summed E-state index contributed by atoms with van der Waals surface area (Å²) in [4.78, 5) is 19.1. The molecule has 1 aromatic heterocycles. The number of cyclic esters (lactones) is 1. The summed E-state index contributed by atoms with van der Waals surface area (Å²) >= 11 is 0. The number of carbonyl (C=O) groups is 1. The Morgan fingerprint density at radius 1 is 0.879 bits per heavy atom. The first-order valence-corrected chi connectivity index (χ1v) is 11.9. The number of nitrogens with zero attached hydrogens (tertiary/aromatic N) is 1. The number of hydrogen-bond donors (Lipinski definition) is 1. The van der Waals surface area contributed by atoms with Gasteiger partial charge in [-0.1, -0.05) is 61.9 Å². The van der Waals surface area contributed by atoms with Crippen LogP contribution < -0.4 is 4.90 Å². The van der Waals surface area contributed by atoms with Gasteiger partial charge in [-0.3, -0.25) is 0 Å². The zero-order valence-corrected chi connectivity index (χ0v) is 19.5. The van der Waals surface area contributed by atoms with E-state index in [1.54, 1.807) is 0 Å². The van der Waals surface area contributed by atoms with E-state index >= 15 is 0 Å². The van der Waals surface area contributed by atoms with Crippen LogP contribution in [0.5, 0.6) is 0 Å². The Kier molecular flexibility index (Phi) is 5.45. The van der Waals surface area contributed by atoms with Gasteiger partial charge in [0.15, 0.2) is 5.60 Å². The minimum absolute atomic E-state index is 0.272. The highest BCUT2D eigenvalue weighted by Gasteiger charge is 2.50. The van der Waals surface area contributed by atoms with Crippen LogP contribution in [0.4, 0.5) is 5.69 Å². The Morgan fingerprint density at radius 2 is 1.58 bits per heavy atom. The fourth-order valence-electron chi connectivity index (χ4n) is 5.29. The van der Waals surface area contributed by atoms with Crippen LogP contribution in [-0.2, 0) is 16.8 Å². The number of carbonyl (C=O) groups excluding carboxylic acids is 1. The van der Waals surface area contributed by atoms with Gasteiger partial charge in [-0.2, -0.15) is 0 Å². The molecule has 1 N–H and O–H groups in total. The van der Waals surface area contributed by atoms with E-state index in [2.05, 4.69) is 73.1 Å². The molecule has 1 aliphatic heterocycles. The number of nitrogens with one attached hydrogen (secondary N) is 1. The van der Waals surface area contributed by atoms with E-state index in [0.29, 0.717) is 5.56 Å². The predicted octanol–water partition coefficient (Wildman–Crippen LogP) is 6.43. The van der Waals surface area contributed by atoms with Crippen molar-refractivity contribution in [1.82, 2.24) is 4.98 Å². The summed E-state index contributed by atoms with van der Waals surface area (Å²) < 4.78 is 6.43. The van der Waals surface area contributed by atoms with Gasteiger partial charge in [-0.25, -0.2) is 4.79 Å². The SMILES string of the molecule is CCCc1[nH]c2ccccc2c1C1(c2ccc(N(CC)CC)cc2)OC(=O)c2ccccc21. The molecule has 1 unspecified atom stereocenters. The number of anilines is 1. The summed E-state index contributed by atoms with van der Waals surface area (Å²) in [5, 5.41) is 1.10. The molecule has 5 rings (SSSR count). The fraction of sp³-hybridized carbons (Fsp3) is 0.276. The van der Waals surface area contributed by atoms with Crippen LogP contribution >= 0.6 is 0 Å². The molecule has 1 atom stereocenters. The first kappa shape index (κ1) is 21.3. The number of aromatic amines is 1. The molecule has 0 radical (unpaired) electrons. The smallest absolute Gasteiger partial charge is 0.340 e. The lowest BCUT2D eigenvalue weighted by Crippen LogP contribution is -2.31. The van der Waals surface area contributed by atoms with Gasteiger partial charge in [0, 0.05) is 52.1 Å². The largest absolute Gasteiger partial charge is 0.440 e. The van der Waals surface area contributed by atoms with Crippen molar-refractivity contribution in [2.45, 2.75) is 39.2 Å². The van der Waals surface area contributed by atoms with Gasteiger partial charge in [0.1, 0.15) is 0 Å². The van der Waals surface area contributed by atoms with E-state index in [9.17, 15) is 4.79 Å². The van der Waals surface area contributed by atoms with Gasteiger partial charge in [-0.05, 0) is 44.5 Å². The Bertz CT molecular complexity index is 1300. The maximum Gasteiger partial charge on any atom is 0.340 e. The van der Waals surface area contributed by atoms with E-state index in [-0.39, 0.29) is 5.97 Å². The van der Waals surface area contributed by atoms with Gasteiger partial charge < -0.3 is 14.6 Å². The van der Waals surface area contributed by atoms with Gasteiger partial charge in [0.05, 0.1) is 5.56 Å². The molecule has 33 heavy (non-hydrogen) atoms. The van der Waals surface area contributed by atoms with Crippen molar-refractivity contribution >= 4 is 22.6 Å². The molecule has 1 aliphatic rings. The quantitative estimate of drug-likeness (QED) is 0.338. The lowest BCUT2D eigenvalue weighted by atomic mass is 9.78. The van der Waals surface area contributed by atoms with Crippen molar-refractivity contribution in [1.29, 1.82) is 0 Å². The molecule has 3 aromatic carbocycles. The molecule has 0 bridgehead atoms. The Hall–Kier alpha value is -3.53. The number of fused-ring (bicyclic) bond motifs is 2. The summed E-state index contributed by atoms with van der Waals surface area (Å²) in [7, 11) is 0. The number of hydrogen-bond acceptors (Lipinski definition) is 3.